The Hall–Kier alpha value is -2.62. The molecule has 4 heteroatoms. The number of nitrogens with zero attached hydrogens (tertiary/aromatic N) is 3. The molecule has 4 nitrogen and oxygen atoms in total. The summed E-state index contributed by atoms with van der Waals surface area (Å²) in [5, 5.41) is 0. The van der Waals surface area contributed by atoms with Crippen molar-refractivity contribution in [3.05, 3.63) is 66.5 Å². The van der Waals surface area contributed by atoms with E-state index in [1.165, 1.54) is 5.52 Å². The van der Waals surface area contributed by atoms with Crippen molar-refractivity contribution >= 4 is 16.9 Å². The third kappa shape index (κ3) is 2.72. The first-order chi connectivity index (χ1) is 11.3. The Balaban J connectivity index is 1.45. The smallest absolute Gasteiger partial charge is 0.253 e. The highest BCUT2D eigenvalue weighted by atomic mass is 16.2. The van der Waals surface area contributed by atoms with Crippen LogP contribution in [0.25, 0.3) is 11.0 Å². The van der Waals surface area contributed by atoms with Gasteiger partial charge in [-0.05, 0) is 36.6 Å². The predicted octanol–water partition coefficient (Wildman–Crippen LogP) is 3.20. The van der Waals surface area contributed by atoms with Crippen molar-refractivity contribution in [3.63, 3.8) is 0 Å². The molecule has 116 valence electrons. The number of hydrogen-bond donors (Lipinski definition) is 0. The van der Waals surface area contributed by atoms with Crippen LogP contribution in [0.15, 0.2) is 60.9 Å². The molecule has 1 aromatic heterocycles. The number of benzene rings is 2. The maximum Gasteiger partial charge on any atom is 0.253 e. The number of hydrogen-bond acceptors (Lipinski definition) is 2. The summed E-state index contributed by atoms with van der Waals surface area (Å²) in [6.07, 6.45) is 2.96. The molecule has 1 atom stereocenters. The lowest BCUT2D eigenvalue weighted by Gasteiger charge is -2.17. The summed E-state index contributed by atoms with van der Waals surface area (Å²) in [6, 6.07) is 17.7. The van der Waals surface area contributed by atoms with E-state index < -0.39 is 0 Å². The van der Waals surface area contributed by atoms with Crippen LogP contribution in [0.3, 0.4) is 0 Å². The fraction of sp³-hybridized carbons (Fsp3) is 0.263. The number of rotatable bonds is 3. The third-order valence-corrected chi connectivity index (χ3v) is 4.58. The van der Waals surface area contributed by atoms with Crippen molar-refractivity contribution in [1.29, 1.82) is 0 Å². The van der Waals surface area contributed by atoms with Gasteiger partial charge in [0.25, 0.3) is 5.91 Å². The summed E-state index contributed by atoms with van der Waals surface area (Å²) in [6.45, 7) is 2.57. The monoisotopic (exact) mass is 305 g/mol. The molecule has 0 spiro atoms. The van der Waals surface area contributed by atoms with Crippen LogP contribution in [0.5, 0.6) is 0 Å². The lowest BCUT2D eigenvalue weighted by atomic mass is 10.1. The van der Waals surface area contributed by atoms with Crippen LogP contribution >= 0.6 is 0 Å². The molecular formula is C19H19N3O. The highest BCUT2D eigenvalue weighted by Gasteiger charge is 2.27. The van der Waals surface area contributed by atoms with Gasteiger partial charge in [-0.3, -0.25) is 4.79 Å². The molecule has 1 fully saturated rings. The fourth-order valence-electron chi connectivity index (χ4n) is 3.36. The van der Waals surface area contributed by atoms with Crippen LogP contribution < -0.4 is 0 Å². The molecule has 1 aliphatic heterocycles. The molecule has 0 bridgehead atoms. The van der Waals surface area contributed by atoms with E-state index in [9.17, 15) is 4.79 Å². The minimum atomic E-state index is 0.142. The Labute approximate surface area is 135 Å². The van der Waals surface area contributed by atoms with Crippen molar-refractivity contribution in [3.8, 4) is 0 Å². The number of fused-ring (bicyclic) bond motifs is 1. The highest BCUT2D eigenvalue weighted by Crippen LogP contribution is 2.22. The Bertz CT molecular complexity index is 825. The first-order valence-corrected chi connectivity index (χ1v) is 8.05. The predicted molar refractivity (Wildman–Crippen MR) is 90.2 cm³/mol. The van der Waals surface area contributed by atoms with E-state index in [2.05, 4.69) is 15.6 Å². The molecule has 2 heterocycles. The highest BCUT2D eigenvalue weighted by molar-refractivity contribution is 5.94. The van der Waals surface area contributed by atoms with Crippen LogP contribution in [0, 0.1) is 5.92 Å². The van der Waals surface area contributed by atoms with Crippen molar-refractivity contribution in [2.24, 2.45) is 5.92 Å². The average Bonchev–Trinajstić information content (AvgIpc) is 3.23. The standard InChI is InChI=1S/C19H19N3O/c23-19(16-6-2-1-3-7-16)21-11-10-15(12-21)13-22-14-20-17-8-4-5-9-18(17)22/h1-9,14-15H,10-13H2. The Morgan fingerprint density at radius 3 is 2.74 bits per heavy atom. The topological polar surface area (TPSA) is 38.1 Å². The average molecular weight is 305 g/mol. The second-order valence-electron chi connectivity index (χ2n) is 6.16. The molecule has 0 radical (unpaired) electrons. The number of amides is 1. The third-order valence-electron chi connectivity index (χ3n) is 4.58. The largest absolute Gasteiger partial charge is 0.338 e. The van der Waals surface area contributed by atoms with Crippen LogP contribution in [-0.4, -0.2) is 33.4 Å². The van der Waals surface area contributed by atoms with Crippen LogP contribution in [0.4, 0.5) is 0 Å². The summed E-state index contributed by atoms with van der Waals surface area (Å²) < 4.78 is 2.20. The lowest BCUT2D eigenvalue weighted by Crippen LogP contribution is -2.29. The van der Waals surface area contributed by atoms with Gasteiger partial charge in [-0.15, -0.1) is 0 Å². The van der Waals surface area contributed by atoms with Gasteiger partial charge in [-0.25, -0.2) is 4.98 Å². The van der Waals surface area contributed by atoms with Gasteiger partial charge in [-0.2, -0.15) is 0 Å². The molecule has 2 aromatic carbocycles. The molecule has 1 aliphatic rings. The number of aromatic nitrogens is 2. The maximum absolute atomic E-state index is 12.5. The number of carbonyl (C=O) groups is 1. The van der Waals surface area contributed by atoms with Crippen molar-refractivity contribution in [1.82, 2.24) is 14.5 Å². The zero-order valence-corrected chi connectivity index (χ0v) is 12.9. The zero-order valence-electron chi connectivity index (χ0n) is 12.9. The number of carbonyl (C=O) groups excluding carboxylic acids is 1. The summed E-state index contributed by atoms with van der Waals surface area (Å²) in [4.78, 5) is 18.9. The Morgan fingerprint density at radius 1 is 1.09 bits per heavy atom. The molecule has 1 amide bonds. The van der Waals surface area contributed by atoms with Gasteiger partial charge in [0.2, 0.25) is 0 Å². The van der Waals surface area contributed by atoms with E-state index >= 15 is 0 Å². The van der Waals surface area contributed by atoms with Crippen molar-refractivity contribution in [2.75, 3.05) is 13.1 Å². The molecule has 0 saturated carbocycles. The summed E-state index contributed by atoms with van der Waals surface area (Å²) in [7, 11) is 0. The molecule has 0 aliphatic carbocycles. The van der Waals surface area contributed by atoms with E-state index in [0.717, 1.165) is 37.1 Å². The van der Waals surface area contributed by atoms with Crippen LogP contribution in [-0.2, 0) is 6.54 Å². The molecule has 23 heavy (non-hydrogen) atoms. The second kappa shape index (κ2) is 5.88. The van der Waals surface area contributed by atoms with E-state index in [1.54, 1.807) is 0 Å². The summed E-state index contributed by atoms with van der Waals surface area (Å²) in [5.41, 5.74) is 2.98. The van der Waals surface area contributed by atoms with Crippen LogP contribution in [0.1, 0.15) is 16.8 Å². The molecule has 3 aromatic rings. The second-order valence-corrected chi connectivity index (χ2v) is 6.16. The molecule has 1 saturated heterocycles. The Kier molecular flexibility index (Phi) is 3.58. The minimum Gasteiger partial charge on any atom is -0.338 e. The quantitative estimate of drug-likeness (QED) is 0.745. The van der Waals surface area contributed by atoms with Gasteiger partial charge >= 0.3 is 0 Å². The van der Waals surface area contributed by atoms with E-state index in [4.69, 9.17) is 0 Å². The lowest BCUT2D eigenvalue weighted by molar-refractivity contribution is 0.0786. The van der Waals surface area contributed by atoms with Crippen molar-refractivity contribution in [2.45, 2.75) is 13.0 Å². The van der Waals surface area contributed by atoms with Gasteiger partial charge < -0.3 is 9.47 Å². The van der Waals surface area contributed by atoms with Crippen molar-refractivity contribution < 1.29 is 4.79 Å². The maximum atomic E-state index is 12.5. The molecule has 1 unspecified atom stereocenters. The minimum absolute atomic E-state index is 0.142. The normalized spacial score (nSPS) is 17.7. The molecule has 4 rings (SSSR count). The van der Waals surface area contributed by atoms with Gasteiger partial charge in [-0.1, -0.05) is 30.3 Å². The van der Waals surface area contributed by atoms with Crippen LogP contribution in [0.2, 0.25) is 0 Å². The van der Waals surface area contributed by atoms with E-state index in [-0.39, 0.29) is 5.91 Å². The summed E-state index contributed by atoms with van der Waals surface area (Å²) in [5.74, 6) is 0.629. The van der Waals surface area contributed by atoms with Gasteiger partial charge in [0.1, 0.15) is 0 Å². The number of imidazole rings is 1. The molecule has 0 N–H and O–H groups in total. The fourth-order valence-corrected chi connectivity index (χ4v) is 3.36. The number of para-hydroxylation sites is 2. The zero-order chi connectivity index (χ0) is 15.6. The van der Waals surface area contributed by atoms with Gasteiger partial charge in [0, 0.05) is 25.2 Å². The van der Waals surface area contributed by atoms with E-state index in [1.807, 2.05) is 59.8 Å². The SMILES string of the molecule is O=C(c1ccccc1)N1CCC(Cn2cnc3ccccc32)C1. The summed E-state index contributed by atoms with van der Waals surface area (Å²) >= 11 is 0. The first kappa shape index (κ1) is 14.0. The first-order valence-electron chi connectivity index (χ1n) is 8.05. The Morgan fingerprint density at radius 2 is 1.87 bits per heavy atom. The van der Waals surface area contributed by atoms with Gasteiger partial charge in [0.15, 0.2) is 0 Å². The van der Waals surface area contributed by atoms with Gasteiger partial charge in [0.05, 0.1) is 17.4 Å². The van der Waals surface area contributed by atoms with E-state index in [0.29, 0.717) is 5.92 Å². The number of likely N-dealkylation sites (tertiary alicyclic amines) is 1. The molecular weight excluding hydrogens is 286 g/mol.